The third kappa shape index (κ3) is 5.55. The molecule has 0 aliphatic rings. The Kier molecular flexibility index (Phi) is 6.83. The van der Waals surface area contributed by atoms with Gasteiger partial charge >= 0.3 is 12.1 Å². The Balaban J connectivity index is 1.49. The van der Waals surface area contributed by atoms with Crippen molar-refractivity contribution in [2.45, 2.75) is 25.2 Å². The van der Waals surface area contributed by atoms with Gasteiger partial charge in [0.05, 0.1) is 30.0 Å². The molecular formula is C25H22F3N3O3. The summed E-state index contributed by atoms with van der Waals surface area (Å²) in [5.41, 5.74) is 3.20. The van der Waals surface area contributed by atoms with E-state index < -0.39 is 18.1 Å². The number of benzene rings is 3. The van der Waals surface area contributed by atoms with E-state index >= 15 is 0 Å². The van der Waals surface area contributed by atoms with Crippen LogP contribution in [0.2, 0.25) is 0 Å². The summed E-state index contributed by atoms with van der Waals surface area (Å²) in [4.78, 5) is 11.5. The lowest BCUT2D eigenvalue weighted by Crippen LogP contribution is -2.46. The smallest absolute Gasteiger partial charge is 0.471 e. The zero-order valence-electron chi connectivity index (χ0n) is 18.0. The van der Waals surface area contributed by atoms with Crippen molar-refractivity contribution in [1.29, 1.82) is 0 Å². The zero-order valence-corrected chi connectivity index (χ0v) is 18.0. The van der Waals surface area contributed by atoms with Gasteiger partial charge in [-0.2, -0.15) is 18.3 Å². The standard InChI is InChI=1S/C25H22F3N3O3/c26-25(27,28)24(33)30-20(12-17-4-2-1-3-5-17)16-34-22-10-11-23-19(13-22)14-29-31(23)21-8-6-18(15-32)7-9-21/h1-11,13-14,20,32H,12,15-16H2,(H,30,33). The maximum atomic E-state index is 12.8. The number of ether oxygens (including phenoxy) is 1. The lowest BCUT2D eigenvalue weighted by atomic mass is 10.1. The number of alkyl halides is 3. The lowest BCUT2D eigenvalue weighted by Gasteiger charge is -2.20. The van der Waals surface area contributed by atoms with E-state index in [2.05, 4.69) is 5.10 Å². The fourth-order valence-electron chi connectivity index (χ4n) is 3.56. The number of nitrogens with zero attached hydrogens (tertiary/aromatic N) is 2. The molecule has 0 saturated heterocycles. The van der Waals surface area contributed by atoms with Gasteiger partial charge in [-0.1, -0.05) is 42.5 Å². The minimum Gasteiger partial charge on any atom is -0.491 e. The highest BCUT2D eigenvalue weighted by Gasteiger charge is 2.39. The summed E-state index contributed by atoms with van der Waals surface area (Å²) in [7, 11) is 0. The molecule has 4 rings (SSSR count). The van der Waals surface area contributed by atoms with Crippen LogP contribution in [0.1, 0.15) is 11.1 Å². The molecule has 1 heterocycles. The van der Waals surface area contributed by atoms with Crippen molar-refractivity contribution in [3.63, 3.8) is 0 Å². The number of nitrogens with one attached hydrogen (secondary N) is 1. The molecule has 9 heteroatoms. The average Bonchev–Trinajstić information content (AvgIpc) is 3.26. The molecule has 0 aliphatic carbocycles. The van der Waals surface area contributed by atoms with Gasteiger partial charge in [0.25, 0.3) is 0 Å². The maximum Gasteiger partial charge on any atom is 0.471 e. The van der Waals surface area contributed by atoms with Gasteiger partial charge in [0.15, 0.2) is 0 Å². The van der Waals surface area contributed by atoms with E-state index in [4.69, 9.17) is 4.74 Å². The molecular weight excluding hydrogens is 447 g/mol. The SMILES string of the molecule is O=C(NC(COc1ccc2c(cnn2-c2ccc(CO)cc2)c1)Cc1ccccc1)C(F)(F)F. The van der Waals surface area contributed by atoms with Gasteiger partial charge in [-0.25, -0.2) is 4.68 Å². The number of fused-ring (bicyclic) bond motifs is 1. The van der Waals surface area contributed by atoms with E-state index in [0.717, 1.165) is 27.7 Å². The van der Waals surface area contributed by atoms with Crippen LogP contribution >= 0.6 is 0 Å². The van der Waals surface area contributed by atoms with Crippen LogP contribution in [0.15, 0.2) is 79.0 Å². The molecule has 34 heavy (non-hydrogen) atoms. The summed E-state index contributed by atoms with van der Waals surface area (Å²) in [5.74, 6) is -1.55. The second-order valence-corrected chi connectivity index (χ2v) is 7.77. The minimum absolute atomic E-state index is 0.0461. The lowest BCUT2D eigenvalue weighted by molar-refractivity contribution is -0.174. The van der Waals surface area contributed by atoms with Crippen LogP contribution < -0.4 is 10.1 Å². The van der Waals surface area contributed by atoms with Gasteiger partial charge in [0, 0.05) is 5.39 Å². The minimum atomic E-state index is -4.97. The summed E-state index contributed by atoms with van der Waals surface area (Å²) in [5, 5.41) is 16.4. The topological polar surface area (TPSA) is 76.4 Å². The number of aromatic nitrogens is 2. The summed E-state index contributed by atoms with van der Waals surface area (Å²) in [6.45, 7) is -0.186. The summed E-state index contributed by atoms with van der Waals surface area (Å²) in [6.07, 6.45) is -3.13. The Bertz CT molecular complexity index is 1260. The van der Waals surface area contributed by atoms with Crippen LogP contribution in [0, 0.1) is 0 Å². The number of carbonyl (C=O) groups is 1. The number of rotatable bonds is 8. The second-order valence-electron chi connectivity index (χ2n) is 7.77. The van der Waals surface area contributed by atoms with Crippen molar-refractivity contribution in [3.05, 3.63) is 90.1 Å². The quantitative estimate of drug-likeness (QED) is 0.406. The van der Waals surface area contributed by atoms with Crippen LogP contribution in [0.4, 0.5) is 13.2 Å². The first-order valence-corrected chi connectivity index (χ1v) is 10.6. The van der Waals surface area contributed by atoms with Crippen molar-refractivity contribution in [2.75, 3.05) is 6.61 Å². The molecule has 1 atom stereocenters. The molecule has 0 bridgehead atoms. The van der Waals surface area contributed by atoms with E-state index in [1.54, 1.807) is 59.4 Å². The second kappa shape index (κ2) is 9.96. The molecule has 0 fully saturated rings. The van der Waals surface area contributed by atoms with Gasteiger partial charge in [-0.05, 0) is 47.9 Å². The molecule has 1 aromatic heterocycles. The van der Waals surface area contributed by atoms with E-state index in [1.165, 1.54) is 0 Å². The fraction of sp³-hybridized carbons (Fsp3) is 0.200. The third-order valence-corrected chi connectivity index (χ3v) is 5.27. The number of carbonyl (C=O) groups excluding carboxylic acids is 1. The largest absolute Gasteiger partial charge is 0.491 e. The number of amides is 1. The highest BCUT2D eigenvalue weighted by molar-refractivity contribution is 5.82. The molecule has 0 saturated carbocycles. The fourth-order valence-corrected chi connectivity index (χ4v) is 3.56. The molecule has 0 aliphatic heterocycles. The van der Waals surface area contributed by atoms with Gasteiger partial charge in [-0.3, -0.25) is 4.79 Å². The Morgan fingerprint density at radius 3 is 2.44 bits per heavy atom. The Morgan fingerprint density at radius 2 is 1.76 bits per heavy atom. The highest BCUT2D eigenvalue weighted by atomic mass is 19.4. The van der Waals surface area contributed by atoms with Gasteiger partial charge < -0.3 is 15.2 Å². The van der Waals surface area contributed by atoms with Crippen molar-refractivity contribution in [2.24, 2.45) is 0 Å². The number of aliphatic hydroxyl groups excluding tert-OH is 1. The Morgan fingerprint density at radius 1 is 1.03 bits per heavy atom. The Labute approximate surface area is 193 Å². The first-order chi connectivity index (χ1) is 16.3. The molecule has 6 nitrogen and oxygen atoms in total. The molecule has 176 valence electrons. The van der Waals surface area contributed by atoms with E-state index in [-0.39, 0.29) is 19.6 Å². The van der Waals surface area contributed by atoms with Crippen molar-refractivity contribution in [3.8, 4) is 11.4 Å². The molecule has 2 N–H and O–H groups in total. The molecule has 3 aromatic carbocycles. The molecule has 0 radical (unpaired) electrons. The van der Waals surface area contributed by atoms with Crippen LogP contribution in [-0.4, -0.2) is 39.6 Å². The van der Waals surface area contributed by atoms with Crippen LogP contribution in [0.3, 0.4) is 0 Å². The van der Waals surface area contributed by atoms with Crippen molar-refractivity contribution in [1.82, 2.24) is 15.1 Å². The number of halogens is 3. The number of hydrogen-bond donors (Lipinski definition) is 2. The van der Waals surface area contributed by atoms with Crippen molar-refractivity contribution < 1.29 is 27.8 Å². The Hall–Kier alpha value is -3.85. The predicted octanol–water partition coefficient (Wildman–Crippen LogP) is 4.19. The normalized spacial score (nSPS) is 12.5. The number of hydrogen-bond acceptors (Lipinski definition) is 4. The van der Waals surface area contributed by atoms with Crippen LogP contribution in [0.5, 0.6) is 5.75 Å². The maximum absolute atomic E-state index is 12.8. The van der Waals surface area contributed by atoms with E-state index in [0.29, 0.717) is 5.75 Å². The van der Waals surface area contributed by atoms with Gasteiger partial charge in [-0.15, -0.1) is 0 Å². The molecule has 1 unspecified atom stereocenters. The summed E-state index contributed by atoms with van der Waals surface area (Å²) >= 11 is 0. The van der Waals surface area contributed by atoms with E-state index in [9.17, 15) is 23.1 Å². The highest BCUT2D eigenvalue weighted by Crippen LogP contribution is 2.24. The van der Waals surface area contributed by atoms with E-state index in [1.807, 2.05) is 29.6 Å². The average molecular weight is 469 g/mol. The van der Waals surface area contributed by atoms with Crippen LogP contribution in [-0.2, 0) is 17.8 Å². The van der Waals surface area contributed by atoms with Gasteiger partial charge in [0.2, 0.25) is 0 Å². The summed E-state index contributed by atoms with van der Waals surface area (Å²) < 4.78 is 45.9. The zero-order chi connectivity index (χ0) is 24.1. The van der Waals surface area contributed by atoms with Gasteiger partial charge in [0.1, 0.15) is 12.4 Å². The van der Waals surface area contributed by atoms with Crippen LogP contribution in [0.25, 0.3) is 16.6 Å². The first kappa shape index (κ1) is 23.3. The number of aliphatic hydroxyl groups is 1. The first-order valence-electron chi connectivity index (χ1n) is 10.6. The molecule has 4 aromatic rings. The third-order valence-electron chi connectivity index (χ3n) is 5.27. The molecule has 1 amide bonds. The predicted molar refractivity (Wildman–Crippen MR) is 121 cm³/mol. The monoisotopic (exact) mass is 469 g/mol. The van der Waals surface area contributed by atoms with Crippen molar-refractivity contribution >= 4 is 16.8 Å². The molecule has 0 spiro atoms. The summed E-state index contributed by atoms with van der Waals surface area (Å²) in [6, 6.07) is 20.6.